The Kier molecular flexibility index (Phi) is 4.78. The summed E-state index contributed by atoms with van der Waals surface area (Å²) in [5.74, 6) is 7.98. The summed E-state index contributed by atoms with van der Waals surface area (Å²) in [6.45, 7) is 6.50. The van der Waals surface area contributed by atoms with Crippen molar-refractivity contribution >= 4 is 0 Å². The van der Waals surface area contributed by atoms with Gasteiger partial charge in [0.25, 0.3) is 0 Å². The lowest BCUT2D eigenvalue weighted by atomic mass is 9.53. The fourth-order valence-electron chi connectivity index (χ4n) is 6.71. The molecule has 116 valence electrons. The Morgan fingerprint density at radius 2 is 1.15 bits per heavy atom. The van der Waals surface area contributed by atoms with Crippen LogP contribution in [0.5, 0.6) is 0 Å². The second kappa shape index (κ2) is 6.41. The molecule has 7 atom stereocenters. The first-order valence-corrected chi connectivity index (χ1v) is 9.83. The molecule has 0 aromatic carbocycles. The minimum atomic E-state index is 1.03. The lowest BCUT2D eigenvalue weighted by Gasteiger charge is -2.52. The molecule has 4 saturated carbocycles. The van der Waals surface area contributed by atoms with Crippen molar-refractivity contribution in [2.75, 3.05) is 0 Å². The maximum absolute atomic E-state index is 2.50. The normalized spacial score (nSPS) is 50.2. The summed E-state index contributed by atoms with van der Waals surface area (Å²) in [4.78, 5) is 0. The Morgan fingerprint density at radius 3 is 1.90 bits per heavy atom. The number of hydrogen-bond acceptors (Lipinski definition) is 0. The van der Waals surface area contributed by atoms with Crippen LogP contribution in [-0.4, -0.2) is 0 Å². The van der Waals surface area contributed by atoms with Crippen LogP contribution in [0.3, 0.4) is 0 Å². The van der Waals surface area contributed by atoms with E-state index < -0.39 is 0 Å². The largest absolute Gasteiger partial charge is 0.0683 e. The fourth-order valence-corrected chi connectivity index (χ4v) is 6.71. The smallest absolute Gasteiger partial charge is 0.0352 e. The van der Waals surface area contributed by atoms with Crippen LogP contribution in [0.25, 0.3) is 0 Å². The predicted octanol–water partition coefficient (Wildman–Crippen LogP) is 6.30. The van der Waals surface area contributed by atoms with Crippen molar-refractivity contribution in [3.05, 3.63) is 0 Å². The van der Waals surface area contributed by atoms with Crippen molar-refractivity contribution in [3.8, 4) is 0 Å². The van der Waals surface area contributed by atoms with E-state index >= 15 is 0 Å². The summed E-state index contributed by atoms with van der Waals surface area (Å²) >= 11 is 0. The van der Waals surface area contributed by atoms with Crippen LogP contribution in [0.1, 0.15) is 85.0 Å². The summed E-state index contributed by atoms with van der Waals surface area (Å²) in [6.07, 6.45) is 15.9. The van der Waals surface area contributed by atoms with Gasteiger partial charge in [0.1, 0.15) is 0 Å². The zero-order valence-electron chi connectivity index (χ0n) is 14.1. The van der Waals surface area contributed by atoms with Crippen LogP contribution < -0.4 is 0 Å². The van der Waals surface area contributed by atoms with Crippen LogP contribution in [-0.2, 0) is 0 Å². The third-order valence-electron chi connectivity index (χ3n) is 7.41. The molecule has 0 spiro atoms. The summed E-state index contributed by atoms with van der Waals surface area (Å²) in [6, 6.07) is 0. The van der Waals surface area contributed by atoms with Gasteiger partial charge in [-0.15, -0.1) is 0 Å². The van der Waals surface area contributed by atoms with E-state index in [0.717, 1.165) is 29.6 Å². The van der Waals surface area contributed by atoms with Crippen molar-refractivity contribution in [1.82, 2.24) is 0 Å². The van der Waals surface area contributed by atoms with E-state index in [1.54, 1.807) is 64.2 Å². The lowest BCUT2D eigenvalue weighted by Crippen LogP contribution is -2.44. The second-order valence-electron chi connectivity index (χ2n) is 8.18. The van der Waals surface area contributed by atoms with Crippen LogP contribution in [0, 0.1) is 41.4 Å². The average molecular weight is 277 g/mol. The maximum Gasteiger partial charge on any atom is -0.0352 e. The molecule has 0 aromatic rings. The van der Waals surface area contributed by atoms with E-state index in [1.807, 2.05) is 13.8 Å². The van der Waals surface area contributed by atoms with Crippen molar-refractivity contribution in [3.63, 3.8) is 0 Å². The Balaban J connectivity index is 0.000000581. The lowest BCUT2D eigenvalue weighted by molar-refractivity contribution is -0.0269. The minimum absolute atomic E-state index is 1.03. The molecular weight excluding hydrogens is 240 g/mol. The van der Waals surface area contributed by atoms with Gasteiger partial charge < -0.3 is 0 Å². The van der Waals surface area contributed by atoms with Gasteiger partial charge in [-0.05, 0) is 86.4 Å². The highest BCUT2D eigenvalue weighted by atomic mass is 14.5. The molecule has 4 fully saturated rings. The molecule has 0 saturated heterocycles. The van der Waals surface area contributed by atoms with Gasteiger partial charge >= 0.3 is 0 Å². The molecule has 7 unspecified atom stereocenters. The van der Waals surface area contributed by atoms with Crippen molar-refractivity contribution in [2.24, 2.45) is 41.4 Å². The molecule has 0 N–H and O–H groups in total. The molecule has 0 radical (unpaired) electrons. The molecule has 0 bridgehead atoms. The SMILES string of the molecule is CC.CC1CCC2C(CCC3C4CCCC4CCC23)C1. The van der Waals surface area contributed by atoms with Gasteiger partial charge in [-0.25, -0.2) is 0 Å². The molecule has 0 heteroatoms. The second-order valence-corrected chi connectivity index (χ2v) is 8.18. The zero-order chi connectivity index (χ0) is 14.1. The molecule has 4 aliphatic carbocycles. The first-order valence-electron chi connectivity index (χ1n) is 9.83. The highest BCUT2D eigenvalue weighted by molar-refractivity contribution is 4.98. The zero-order valence-corrected chi connectivity index (χ0v) is 14.1. The molecule has 0 amide bonds. The molecule has 0 heterocycles. The molecule has 0 nitrogen and oxygen atoms in total. The van der Waals surface area contributed by atoms with Gasteiger partial charge in [0, 0.05) is 0 Å². The summed E-state index contributed by atoms with van der Waals surface area (Å²) in [5.41, 5.74) is 0. The number of hydrogen-bond donors (Lipinski definition) is 0. The van der Waals surface area contributed by atoms with Gasteiger partial charge in [-0.3, -0.25) is 0 Å². The van der Waals surface area contributed by atoms with E-state index in [-0.39, 0.29) is 0 Å². The average Bonchev–Trinajstić information content (AvgIpc) is 2.97. The van der Waals surface area contributed by atoms with E-state index in [9.17, 15) is 0 Å². The fraction of sp³-hybridized carbons (Fsp3) is 1.00. The van der Waals surface area contributed by atoms with Gasteiger partial charge in [0.05, 0.1) is 0 Å². The Bertz CT molecular complexity index is 307. The number of fused-ring (bicyclic) bond motifs is 5. The van der Waals surface area contributed by atoms with Crippen LogP contribution in [0.15, 0.2) is 0 Å². The Hall–Kier alpha value is 0. The van der Waals surface area contributed by atoms with Gasteiger partial charge in [0.15, 0.2) is 0 Å². The summed E-state index contributed by atoms with van der Waals surface area (Å²) < 4.78 is 0. The summed E-state index contributed by atoms with van der Waals surface area (Å²) in [7, 11) is 0. The topological polar surface area (TPSA) is 0 Å². The molecule has 4 rings (SSSR count). The number of rotatable bonds is 0. The van der Waals surface area contributed by atoms with Crippen molar-refractivity contribution in [2.45, 2.75) is 85.0 Å². The van der Waals surface area contributed by atoms with E-state index in [4.69, 9.17) is 0 Å². The standard InChI is InChI=1S/C18H30.C2H6/c1-12-5-8-16-14(11-12)7-10-17-15-4-2-3-13(15)6-9-18(16)17;1-2/h12-18H,2-11H2,1H3;1-2H3. The minimum Gasteiger partial charge on any atom is -0.0683 e. The first-order chi connectivity index (χ1) is 9.83. The van der Waals surface area contributed by atoms with E-state index in [0.29, 0.717) is 0 Å². The van der Waals surface area contributed by atoms with Crippen molar-refractivity contribution in [1.29, 1.82) is 0 Å². The highest BCUT2D eigenvalue weighted by Crippen LogP contribution is 2.58. The van der Waals surface area contributed by atoms with Crippen molar-refractivity contribution < 1.29 is 0 Å². The van der Waals surface area contributed by atoms with Gasteiger partial charge in [-0.1, -0.05) is 40.0 Å². The molecule has 0 aromatic heterocycles. The van der Waals surface area contributed by atoms with Crippen LogP contribution in [0.4, 0.5) is 0 Å². The molecular formula is C20H36. The third-order valence-corrected chi connectivity index (χ3v) is 7.41. The van der Waals surface area contributed by atoms with E-state index in [2.05, 4.69) is 6.92 Å². The molecule has 20 heavy (non-hydrogen) atoms. The van der Waals surface area contributed by atoms with Gasteiger partial charge in [-0.2, -0.15) is 0 Å². The van der Waals surface area contributed by atoms with E-state index in [1.165, 1.54) is 11.8 Å². The maximum atomic E-state index is 2.50. The predicted molar refractivity (Wildman–Crippen MR) is 87.6 cm³/mol. The quantitative estimate of drug-likeness (QED) is 0.487. The summed E-state index contributed by atoms with van der Waals surface area (Å²) in [5, 5.41) is 0. The molecule has 0 aliphatic heterocycles. The third kappa shape index (κ3) is 2.57. The molecule has 4 aliphatic rings. The Morgan fingerprint density at radius 1 is 0.550 bits per heavy atom. The Labute approximate surface area is 127 Å². The van der Waals surface area contributed by atoms with Crippen LogP contribution in [0.2, 0.25) is 0 Å². The van der Waals surface area contributed by atoms with Crippen LogP contribution >= 0.6 is 0 Å². The van der Waals surface area contributed by atoms with Gasteiger partial charge in [0.2, 0.25) is 0 Å². The monoisotopic (exact) mass is 276 g/mol. The highest BCUT2D eigenvalue weighted by Gasteiger charge is 2.48. The first kappa shape index (κ1) is 14.9.